The molecule has 0 fully saturated rings. The van der Waals surface area contributed by atoms with E-state index in [1.54, 1.807) is 13.8 Å². The molecule has 0 atom stereocenters. The molecule has 0 unspecified atom stereocenters. The zero-order chi connectivity index (χ0) is 11.5. The van der Waals surface area contributed by atoms with Crippen LogP contribution in [0.15, 0.2) is 9.72 Å². The van der Waals surface area contributed by atoms with Crippen LogP contribution in [0.5, 0.6) is 0 Å². The van der Waals surface area contributed by atoms with Gasteiger partial charge in [0.2, 0.25) is 0 Å². The number of thiazole rings is 1. The maximum Gasteiger partial charge on any atom is 0.319 e. The van der Waals surface area contributed by atoms with Gasteiger partial charge in [0, 0.05) is 18.4 Å². The molecule has 0 saturated carbocycles. The molecule has 0 saturated heterocycles. The van der Waals surface area contributed by atoms with Crippen LogP contribution in [-0.4, -0.2) is 32.5 Å². The molecule has 15 heavy (non-hydrogen) atoms. The SMILES string of the molecule is CC(C)(Sc1nc(CCO)cs1)C(=O)O. The summed E-state index contributed by atoms with van der Waals surface area (Å²) in [4.78, 5) is 15.1. The van der Waals surface area contributed by atoms with E-state index >= 15 is 0 Å². The molecule has 6 heteroatoms. The maximum absolute atomic E-state index is 10.9. The highest BCUT2D eigenvalue weighted by Crippen LogP contribution is 2.34. The van der Waals surface area contributed by atoms with Gasteiger partial charge in [-0.1, -0.05) is 11.8 Å². The van der Waals surface area contributed by atoms with Crippen molar-refractivity contribution < 1.29 is 15.0 Å². The average molecular weight is 247 g/mol. The summed E-state index contributed by atoms with van der Waals surface area (Å²) in [6, 6.07) is 0. The number of carboxylic acid groups (broad SMARTS) is 1. The molecule has 0 spiro atoms. The summed E-state index contributed by atoms with van der Waals surface area (Å²) in [6.07, 6.45) is 0.518. The van der Waals surface area contributed by atoms with E-state index < -0.39 is 10.7 Å². The zero-order valence-electron chi connectivity index (χ0n) is 8.56. The molecule has 0 amide bonds. The van der Waals surface area contributed by atoms with Gasteiger partial charge in [-0.3, -0.25) is 4.79 Å². The highest BCUT2D eigenvalue weighted by Gasteiger charge is 2.29. The van der Waals surface area contributed by atoms with Gasteiger partial charge in [-0.15, -0.1) is 11.3 Å². The monoisotopic (exact) mass is 247 g/mol. The van der Waals surface area contributed by atoms with Crippen molar-refractivity contribution in [3.63, 3.8) is 0 Å². The van der Waals surface area contributed by atoms with Gasteiger partial charge in [0.05, 0.1) is 5.69 Å². The van der Waals surface area contributed by atoms with E-state index in [2.05, 4.69) is 4.98 Å². The van der Waals surface area contributed by atoms with Crippen molar-refractivity contribution in [1.82, 2.24) is 4.98 Å². The van der Waals surface area contributed by atoms with Gasteiger partial charge in [-0.2, -0.15) is 0 Å². The lowest BCUT2D eigenvalue weighted by Crippen LogP contribution is -2.26. The molecule has 0 bridgehead atoms. The standard InChI is InChI=1S/C9H13NO3S2/c1-9(2,7(12)13)15-8-10-6(3-4-11)5-14-8/h5,11H,3-4H2,1-2H3,(H,12,13). The minimum absolute atomic E-state index is 0.0656. The van der Waals surface area contributed by atoms with Gasteiger partial charge in [-0.25, -0.2) is 4.98 Å². The van der Waals surface area contributed by atoms with Gasteiger partial charge in [0.15, 0.2) is 4.34 Å². The molecular weight excluding hydrogens is 234 g/mol. The number of carbonyl (C=O) groups is 1. The third-order valence-corrected chi connectivity index (χ3v) is 3.93. The Morgan fingerprint density at radius 2 is 2.33 bits per heavy atom. The number of aliphatic carboxylic acids is 1. The third kappa shape index (κ3) is 3.48. The number of thioether (sulfide) groups is 1. The molecule has 1 rings (SSSR count). The quantitative estimate of drug-likeness (QED) is 0.774. The van der Waals surface area contributed by atoms with E-state index in [9.17, 15) is 4.79 Å². The van der Waals surface area contributed by atoms with Gasteiger partial charge in [-0.05, 0) is 13.8 Å². The lowest BCUT2D eigenvalue weighted by molar-refractivity contribution is -0.138. The molecule has 1 heterocycles. The smallest absolute Gasteiger partial charge is 0.319 e. The summed E-state index contributed by atoms with van der Waals surface area (Å²) < 4.78 is -0.139. The summed E-state index contributed by atoms with van der Waals surface area (Å²) in [5, 5.41) is 19.5. The van der Waals surface area contributed by atoms with Gasteiger partial charge >= 0.3 is 5.97 Å². The van der Waals surface area contributed by atoms with E-state index in [0.717, 1.165) is 10.0 Å². The molecule has 1 aromatic rings. The van der Waals surface area contributed by atoms with Crippen molar-refractivity contribution in [3.05, 3.63) is 11.1 Å². The second-order valence-corrected chi connectivity index (χ2v) is 6.22. The number of nitrogens with zero attached hydrogens (tertiary/aromatic N) is 1. The minimum atomic E-state index is -0.867. The highest BCUT2D eigenvalue weighted by atomic mass is 32.2. The Morgan fingerprint density at radius 1 is 1.67 bits per heavy atom. The molecule has 2 N–H and O–H groups in total. The van der Waals surface area contributed by atoms with Crippen molar-refractivity contribution in [2.75, 3.05) is 6.61 Å². The van der Waals surface area contributed by atoms with Crippen LogP contribution in [-0.2, 0) is 11.2 Å². The first kappa shape index (κ1) is 12.5. The molecule has 0 aliphatic carbocycles. The largest absolute Gasteiger partial charge is 0.480 e. The second-order valence-electron chi connectivity index (χ2n) is 3.50. The molecule has 0 aliphatic heterocycles. The first-order chi connectivity index (χ1) is 6.95. The van der Waals surface area contributed by atoms with Crippen molar-refractivity contribution in [1.29, 1.82) is 0 Å². The lowest BCUT2D eigenvalue weighted by atomic mass is 10.2. The van der Waals surface area contributed by atoms with Crippen molar-refractivity contribution in [2.24, 2.45) is 0 Å². The highest BCUT2D eigenvalue weighted by molar-refractivity contribution is 8.02. The van der Waals surface area contributed by atoms with Crippen LogP contribution in [0.3, 0.4) is 0 Å². The van der Waals surface area contributed by atoms with E-state index in [1.807, 2.05) is 5.38 Å². The summed E-state index contributed by atoms with van der Waals surface area (Å²) >= 11 is 2.64. The number of aliphatic hydroxyl groups is 1. The average Bonchev–Trinajstić information content (AvgIpc) is 2.52. The van der Waals surface area contributed by atoms with Crippen molar-refractivity contribution >= 4 is 29.1 Å². The summed E-state index contributed by atoms with van der Waals surface area (Å²) in [5.41, 5.74) is 0.811. The molecule has 1 aromatic heterocycles. The molecule has 0 aliphatic rings. The molecule has 0 radical (unpaired) electrons. The van der Waals surface area contributed by atoms with Crippen LogP contribution >= 0.6 is 23.1 Å². The van der Waals surface area contributed by atoms with Gasteiger partial charge in [0.1, 0.15) is 4.75 Å². The topological polar surface area (TPSA) is 70.4 Å². The maximum atomic E-state index is 10.9. The summed E-state index contributed by atoms with van der Waals surface area (Å²) in [6.45, 7) is 3.36. The van der Waals surface area contributed by atoms with E-state index in [-0.39, 0.29) is 6.61 Å². The predicted molar refractivity (Wildman–Crippen MR) is 60.5 cm³/mol. The Balaban J connectivity index is 2.68. The number of aromatic nitrogens is 1. The minimum Gasteiger partial charge on any atom is -0.480 e. The summed E-state index contributed by atoms with van der Waals surface area (Å²) in [5.74, 6) is -0.855. The lowest BCUT2D eigenvalue weighted by Gasteiger charge is -2.15. The molecule has 4 nitrogen and oxygen atoms in total. The van der Waals surface area contributed by atoms with Crippen molar-refractivity contribution in [3.8, 4) is 0 Å². The van der Waals surface area contributed by atoms with Crippen LogP contribution in [0.1, 0.15) is 19.5 Å². The zero-order valence-corrected chi connectivity index (χ0v) is 10.2. The fraction of sp³-hybridized carbons (Fsp3) is 0.556. The number of carboxylic acids is 1. The van der Waals surface area contributed by atoms with Crippen LogP contribution in [0, 0.1) is 0 Å². The molecule has 84 valence electrons. The number of hydrogen-bond donors (Lipinski definition) is 2. The second kappa shape index (κ2) is 4.96. The fourth-order valence-corrected chi connectivity index (χ4v) is 3.05. The first-order valence-corrected chi connectivity index (χ1v) is 6.13. The van der Waals surface area contributed by atoms with E-state index in [4.69, 9.17) is 10.2 Å². The van der Waals surface area contributed by atoms with Gasteiger partial charge in [0.25, 0.3) is 0 Å². The van der Waals surface area contributed by atoms with E-state index in [1.165, 1.54) is 23.1 Å². The first-order valence-electron chi connectivity index (χ1n) is 4.43. The number of hydrogen-bond acceptors (Lipinski definition) is 5. The van der Waals surface area contributed by atoms with Crippen LogP contribution in [0.4, 0.5) is 0 Å². The Morgan fingerprint density at radius 3 is 2.87 bits per heavy atom. The van der Waals surface area contributed by atoms with Crippen LogP contribution in [0.2, 0.25) is 0 Å². The Bertz CT molecular complexity index is 349. The number of rotatable bonds is 5. The van der Waals surface area contributed by atoms with Crippen LogP contribution < -0.4 is 0 Å². The Labute approximate surface area is 96.4 Å². The van der Waals surface area contributed by atoms with Gasteiger partial charge < -0.3 is 10.2 Å². The van der Waals surface area contributed by atoms with Crippen LogP contribution in [0.25, 0.3) is 0 Å². The van der Waals surface area contributed by atoms with E-state index in [0.29, 0.717) is 6.42 Å². The summed E-state index contributed by atoms with van der Waals surface area (Å²) in [7, 11) is 0. The molecular formula is C9H13NO3S2. The van der Waals surface area contributed by atoms with Crippen molar-refractivity contribution in [2.45, 2.75) is 29.4 Å². The predicted octanol–water partition coefficient (Wildman–Crippen LogP) is 1.63. The number of aliphatic hydroxyl groups excluding tert-OH is 1. The fourth-order valence-electron chi connectivity index (χ4n) is 0.827. The normalized spacial score (nSPS) is 11.7. The Hall–Kier alpha value is -0.590. The third-order valence-electron chi connectivity index (χ3n) is 1.76. The Kier molecular flexibility index (Phi) is 4.12. The molecule has 0 aromatic carbocycles.